The van der Waals surface area contributed by atoms with Gasteiger partial charge in [-0.2, -0.15) is 0 Å². The van der Waals surface area contributed by atoms with Gasteiger partial charge in [0, 0.05) is 23.6 Å². The predicted octanol–water partition coefficient (Wildman–Crippen LogP) is 5.08. The van der Waals surface area contributed by atoms with Crippen LogP contribution >= 0.6 is 11.6 Å². The van der Waals surface area contributed by atoms with Crippen LogP contribution in [0.15, 0.2) is 83.9 Å². The smallest absolute Gasteiger partial charge is 0.260 e. The van der Waals surface area contributed by atoms with Gasteiger partial charge in [0.15, 0.2) is 0 Å². The van der Waals surface area contributed by atoms with Gasteiger partial charge in [0.2, 0.25) is 0 Å². The summed E-state index contributed by atoms with van der Waals surface area (Å²) in [6.45, 7) is 0.683. The molecule has 3 aromatic rings. The van der Waals surface area contributed by atoms with Crippen molar-refractivity contribution in [3.63, 3.8) is 0 Å². The van der Waals surface area contributed by atoms with E-state index in [2.05, 4.69) is 18.2 Å². The van der Waals surface area contributed by atoms with Gasteiger partial charge in [-0.05, 0) is 41.3 Å². The van der Waals surface area contributed by atoms with E-state index in [9.17, 15) is 4.79 Å². The van der Waals surface area contributed by atoms with E-state index in [0.717, 1.165) is 34.5 Å². The molecule has 1 unspecified atom stereocenters. The normalized spacial score (nSPS) is 20.5. The fraction of sp³-hybridized carbons (Fsp3) is 0.167. The van der Waals surface area contributed by atoms with Crippen LogP contribution in [-0.2, 0) is 12.0 Å². The van der Waals surface area contributed by atoms with Gasteiger partial charge in [0.25, 0.3) is 5.91 Å². The average Bonchev–Trinajstić information content (AvgIpc) is 3.00. The highest BCUT2D eigenvalue weighted by Gasteiger charge is 2.53. The molecule has 2 aliphatic heterocycles. The lowest BCUT2D eigenvalue weighted by molar-refractivity contribution is 0.0760. The maximum absolute atomic E-state index is 13.5. The highest BCUT2D eigenvalue weighted by molar-refractivity contribution is 6.30. The number of halogens is 1. The number of benzene rings is 3. The van der Waals surface area contributed by atoms with Crippen molar-refractivity contribution in [2.75, 3.05) is 6.54 Å². The summed E-state index contributed by atoms with van der Waals surface area (Å²) >= 11 is 6.15. The van der Waals surface area contributed by atoms with E-state index < -0.39 is 5.54 Å². The van der Waals surface area contributed by atoms with Crippen molar-refractivity contribution in [2.45, 2.75) is 18.4 Å². The number of hydrogen-bond donors (Lipinski definition) is 0. The van der Waals surface area contributed by atoms with E-state index >= 15 is 0 Å². The fourth-order valence-corrected chi connectivity index (χ4v) is 4.64. The molecule has 5 rings (SSSR count). The third-order valence-corrected chi connectivity index (χ3v) is 5.99. The van der Waals surface area contributed by atoms with Gasteiger partial charge in [-0.25, -0.2) is 0 Å². The van der Waals surface area contributed by atoms with Crippen molar-refractivity contribution in [2.24, 2.45) is 4.99 Å². The molecule has 0 N–H and O–H groups in total. The highest BCUT2D eigenvalue weighted by atomic mass is 35.5. The molecule has 0 aliphatic carbocycles. The molecule has 28 heavy (non-hydrogen) atoms. The van der Waals surface area contributed by atoms with Crippen LogP contribution in [0.5, 0.6) is 0 Å². The number of fused-ring (bicyclic) bond motifs is 3. The van der Waals surface area contributed by atoms with Crippen LogP contribution in [0.2, 0.25) is 5.02 Å². The molecular weight excluding hydrogens is 368 g/mol. The third-order valence-electron chi connectivity index (χ3n) is 5.74. The van der Waals surface area contributed by atoms with Crippen molar-refractivity contribution in [1.82, 2.24) is 4.90 Å². The number of amides is 1. The first-order valence-corrected chi connectivity index (χ1v) is 9.85. The lowest BCUT2D eigenvalue weighted by Gasteiger charge is -2.43. The Morgan fingerprint density at radius 1 is 0.929 bits per heavy atom. The molecule has 0 spiro atoms. The summed E-state index contributed by atoms with van der Waals surface area (Å²) in [5.74, 6) is 0.855. The van der Waals surface area contributed by atoms with Gasteiger partial charge in [0.05, 0.1) is 0 Å². The molecule has 1 atom stereocenters. The second kappa shape index (κ2) is 6.61. The molecule has 0 radical (unpaired) electrons. The second-order valence-corrected chi connectivity index (χ2v) is 7.70. The minimum Gasteiger partial charge on any atom is -0.282 e. The summed E-state index contributed by atoms with van der Waals surface area (Å²) < 4.78 is 0. The number of carbonyl (C=O) groups is 1. The van der Waals surface area contributed by atoms with Crippen LogP contribution in [0.4, 0.5) is 0 Å². The number of carbonyl (C=O) groups excluding carboxylic acids is 1. The summed E-state index contributed by atoms with van der Waals surface area (Å²) in [4.78, 5) is 20.2. The second-order valence-electron chi connectivity index (χ2n) is 7.26. The summed E-state index contributed by atoms with van der Waals surface area (Å²) in [5, 5.41) is 0.693. The zero-order valence-electron chi connectivity index (χ0n) is 15.3. The maximum atomic E-state index is 13.5. The Labute approximate surface area is 169 Å². The van der Waals surface area contributed by atoms with E-state index in [1.165, 1.54) is 0 Å². The molecule has 2 aliphatic rings. The van der Waals surface area contributed by atoms with Crippen molar-refractivity contribution in [1.29, 1.82) is 0 Å². The number of nitrogens with zero attached hydrogens (tertiary/aromatic N) is 2. The van der Waals surface area contributed by atoms with Crippen LogP contribution in [0, 0.1) is 0 Å². The quantitative estimate of drug-likeness (QED) is 0.617. The molecular formula is C24H19ClN2O. The molecule has 0 aromatic heterocycles. The molecule has 0 saturated carbocycles. The van der Waals surface area contributed by atoms with Gasteiger partial charge >= 0.3 is 0 Å². The van der Waals surface area contributed by atoms with Gasteiger partial charge in [0.1, 0.15) is 11.4 Å². The number of aliphatic imine (C=N–C) groups is 1. The Kier molecular flexibility index (Phi) is 4.06. The molecule has 0 bridgehead atoms. The molecule has 3 nitrogen and oxygen atoms in total. The monoisotopic (exact) mass is 386 g/mol. The van der Waals surface area contributed by atoms with Gasteiger partial charge in [-0.15, -0.1) is 0 Å². The summed E-state index contributed by atoms with van der Waals surface area (Å²) in [6, 6.07) is 26.0. The predicted molar refractivity (Wildman–Crippen MR) is 112 cm³/mol. The standard InChI is InChI=1S/C24H19ClN2O/c25-19-12-10-18(11-13-19)24-14-15-26-22(16-17-6-2-1-3-7-17)27(24)23(28)20-8-4-5-9-21(20)24/h1-13H,14-16H2. The first kappa shape index (κ1) is 17.2. The molecule has 1 amide bonds. The Balaban J connectivity index is 1.68. The SMILES string of the molecule is O=C1c2ccccc2C2(c3ccc(Cl)cc3)CCN=C(Cc3ccccc3)N12. The van der Waals surface area contributed by atoms with Crippen molar-refractivity contribution in [3.8, 4) is 0 Å². The molecule has 4 heteroatoms. The van der Waals surface area contributed by atoms with Crippen molar-refractivity contribution in [3.05, 3.63) is 106 Å². The lowest BCUT2D eigenvalue weighted by atomic mass is 9.79. The number of hydrogen-bond acceptors (Lipinski definition) is 2. The Morgan fingerprint density at radius 2 is 1.64 bits per heavy atom. The molecule has 138 valence electrons. The van der Waals surface area contributed by atoms with E-state index in [-0.39, 0.29) is 5.91 Å². The molecule has 3 aromatic carbocycles. The minimum atomic E-state index is -0.524. The Morgan fingerprint density at radius 3 is 2.43 bits per heavy atom. The number of amidine groups is 1. The zero-order chi connectivity index (χ0) is 19.1. The van der Waals surface area contributed by atoms with Gasteiger partial charge < -0.3 is 0 Å². The van der Waals surface area contributed by atoms with Crippen LogP contribution in [0.3, 0.4) is 0 Å². The molecule has 2 heterocycles. The average molecular weight is 387 g/mol. The molecule has 0 saturated heterocycles. The van der Waals surface area contributed by atoms with Crippen molar-refractivity contribution < 1.29 is 4.79 Å². The topological polar surface area (TPSA) is 32.7 Å². The minimum absolute atomic E-state index is 0.0277. The lowest BCUT2D eigenvalue weighted by Crippen LogP contribution is -2.52. The Bertz CT molecular complexity index is 1080. The van der Waals surface area contributed by atoms with E-state index in [1.807, 2.05) is 65.6 Å². The van der Waals surface area contributed by atoms with Crippen LogP contribution in [-0.4, -0.2) is 23.2 Å². The Hall–Kier alpha value is -2.91. The maximum Gasteiger partial charge on any atom is 0.260 e. The summed E-state index contributed by atoms with van der Waals surface area (Å²) in [7, 11) is 0. The first-order valence-electron chi connectivity index (χ1n) is 9.47. The van der Waals surface area contributed by atoms with E-state index in [4.69, 9.17) is 16.6 Å². The summed E-state index contributed by atoms with van der Waals surface area (Å²) in [5.41, 5.74) is 3.53. The number of rotatable bonds is 3. The van der Waals surface area contributed by atoms with E-state index in [0.29, 0.717) is 18.0 Å². The molecule has 0 fully saturated rings. The van der Waals surface area contributed by atoms with Crippen LogP contribution in [0.25, 0.3) is 0 Å². The largest absolute Gasteiger partial charge is 0.282 e. The summed E-state index contributed by atoms with van der Waals surface area (Å²) in [6.07, 6.45) is 1.39. The first-order chi connectivity index (χ1) is 13.7. The van der Waals surface area contributed by atoms with Crippen molar-refractivity contribution >= 4 is 23.3 Å². The third kappa shape index (κ3) is 2.50. The van der Waals surface area contributed by atoms with Gasteiger partial charge in [-0.1, -0.05) is 72.3 Å². The van der Waals surface area contributed by atoms with Crippen LogP contribution in [0.1, 0.15) is 33.5 Å². The fourth-order valence-electron chi connectivity index (χ4n) is 4.51. The highest BCUT2D eigenvalue weighted by Crippen LogP contribution is 2.48. The van der Waals surface area contributed by atoms with Crippen LogP contribution < -0.4 is 0 Å². The van der Waals surface area contributed by atoms with Gasteiger partial charge in [-0.3, -0.25) is 14.7 Å². The van der Waals surface area contributed by atoms with E-state index in [1.54, 1.807) is 0 Å². The zero-order valence-corrected chi connectivity index (χ0v) is 16.1.